The van der Waals surface area contributed by atoms with E-state index in [4.69, 9.17) is 5.11 Å². The molecule has 2 aliphatic rings. The highest BCUT2D eigenvalue weighted by atomic mass is 32.2. The molecular formula is C11H17F3N2O4S. The number of alkyl halides is 3. The lowest BCUT2D eigenvalue weighted by molar-refractivity contribution is -0.182. The Morgan fingerprint density at radius 1 is 1.19 bits per heavy atom. The molecule has 0 spiro atoms. The molecule has 0 aromatic rings. The summed E-state index contributed by atoms with van der Waals surface area (Å²) in [5.41, 5.74) is 0. The second kappa shape index (κ2) is 5.73. The highest BCUT2D eigenvalue weighted by Gasteiger charge is 2.46. The molecule has 1 saturated carbocycles. The van der Waals surface area contributed by atoms with Crippen LogP contribution in [0.1, 0.15) is 25.7 Å². The van der Waals surface area contributed by atoms with Crippen LogP contribution in [-0.2, 0) is 15.0 Å². The third-order valence-electron chi connectivity index (χ3n) is 3.78. The molecule has 0 bridgehead atoms. The number of piperidine rings is 1. The Labute approximate surface area is 120 Å². The van der Waals surface area contributed by atoms with Crippen LogP contribution < -0.4 is 0 Å². The van der Waals surface area contributed by atoms with Gasteiger partial charge in [0, 0.05) is 19.1 Å². The first-order valence-electron chi connectivity index (χ1n) is 6.68. The Kier molecular flexibility index (Phi) is 4.50. The van der Waals surface area contributed by atoms with Gasteiger partial charge in [-0.05, 0) is 25.7 Å². The molecule has 2 fully saturated rings. The number of carboxylic acids is 1. The van der Waals surface area contributed by atoms with E-state index in [9.17, 15) is 26.4 Å². The van der Waals surface area contributed by atoms with Crippen LogP contribution in [0, 0.1) is 5.92 Å². The van der Waals surface area contributed by atoms with Crippen LogP contribution in [-0.4, -0.2) is 60.0 Å². The van der Waals surface area contributed by atoms with Crippen LogP contribution in [0.4, 0.5) is 13.2 Å². The first-order valence-corrected chi connectivity index (χ1v) is 8.07. The molecule has 1 saturated heterocycles. The number of carboxylic acid groups (broad SMARTS) is 1. The van der Waals surface area contributed by atoms with Crippen molar-refractivity contribution in [3.8, 4) is 0 Å². The lowest BCUT2D eigenvalue weighted by Crippen LogP contribution is -2.50. The number of hydrogen-bond acceptors (Lipinski definition) is 3. The fourth-order valence-corrected chi connectivity index (χ4v) is 4.29. The Bertz CT molecular complexity index is 496. The number of halogens is 3. The third kappa shape index (κ3) is 3.86. The standard InChI is InChI=1S/C11H17F3N2O4S/c12-11(13,14)8-3-5-15(6-4-8)21(19,20)16(7-10(17)18)9-1-2-9/h8-9H,1-7H2,(H,17,18). The van der Waals surface area contributed by atoms with Crippen molar-refractivity contribution in [1.82, 2.24) is 8.61 Å². The minimum atomic E-state index is -4.31. The molecule has 1 aliphatic carbocycles. The third-order valence-corrected chi connectivity index (χ3v) is 5.82. The zero-order valence-corrected chi connectivity index (χ0v) is 12.0. The van der Waals surface area contributed by atoms with Gasteiger partial charge in [0.2, 0.25) is 0 Å². The van der Waals surface area contributed by atoms with Gasteiger partial charge in [-0.25, -0.2) is 0 Å². The number of hydrogen-bond donors (Lipinski definition) is 1. The molecule has 21 heavy (non-hydrogen) atoms. The molecule has 10 heteroatoms. The molecular weight excluding hydrogens is 313 g/mol. The van der Waals surface area contributed by atoms with Crippen LogP contribution in [0.2, 0.25) is 0 Å². The molecule has 6 nitrogen and oxygen atoms in total. The normalized spacial score (nSPS) is 22.7. The van der Waals surface area contributed by atoms with Crippen LogP contribution in [0.15, 0.2) is 0 Å². The van der Waals surface area contributed by atoms with Gasteiger partial charge in [-0.15, -0.1) is 0 Å². The number of carbonyl (C=O) groups is 1. The van der Waals surface area contributed by atoms with Crippen molar-refractivity contribution in [2.75, 3.05) is 19.6 Å². The average Bonchev–Trinajstić information content (AvgIpc) is 3.19. The van der Waals surface area contributed by atoms with E-state index in [0.717, 1.165) is 8.61 Å². The largest absolute Gasteiger partial charge is 0.480 e. The monoisotopic (exact) mass is 330 g/mol. The molecule has 0 radical (unpaired) electrons. The van der Waals surface area contributed by atoms with E-state index in [2.05, 4.69) is 0 Å². The maximum Gasteiger partial charge on any atom is 0.391 e. The van der Waals surface area contributed by atoms with Crippen LogP contribution in [0.25, 0.3) is 0 Å². The molecule has 0 aromatic heterocycles. The van der Waals surface area contributed by atoms with Gasteiger partial charge >= 0.3 is 12.1 Å². The zero-order chi connectivity index (χ0) is 15.8. The summed E-state index contributed by atoms with van der Waals surface area (Å²) >= 11 is 0. The summed E-state index contributed by atoms with van der Waals surface area (Å²) in [5, 5.41) is 8.80. The second-order valence-corrected chi connectivity index (χ2v) is 7.27. The minimum absolute atomic E-state index is 0.227. The summed E-state index contributed by atoms with van der Waals surface area (Å²) in [4.78, 5) is 10.8. The number of aliphatic carboxylic acids is 1. The van der Waals surface area contributed by atoms with Gasteiger partial charge in [-0.1, -0.05) is 0 Å². The second-order valence-electron chi connectivity index (χ2n) is 5.39. The fraction of sp³-hybridized carbons (Fsp3) is 0.909. The molecule has 0 aromatic carbocycles. The van der Waals surface area contributed by atoms with Crippen molar-refractivity contribution in [3.05, 3.63) is 0 Å². The van der Waals surface area contributed by atoms with E-state index in [-0.39, 0.29) is 32.0 Å². The van der Waals surface area contributed by atoms with Gasteiger partial charge in [-0.3, -0.25) is 4.79 Å². The first-order chi connectivity index (χ1) is 9.62. The van der Waals surface area contributed by atoms with Crippen LogP contribution >= 0.6 is 0 Å². The predicted molar refractivity (Wildman–Crippen MR) is 66.6 cm³/mol. The zero-order valence-electron chi connectivity index (χ0n) is 11.2. The van der Waals surface area contributed by atoms with Crippen molar-refractivity contribution >= 4 is 16.2 Å². The summed E-state index contributed by atoms with van der Waals surface area (Å²) < 4.78 is 64.3. The van der Waals surface area contributed by atoms with Crippen molar-refractivity contribution in [2.24, 2.45) is 5.92 Å². The van der Waals surface area contributed by atoms with Crippen molar-refractivity contribution < 1.29 is 31.5 Å². The summed E-state index contributed by atoms with van der Waals surface area (Å²) in [5.74, 6) is -2.76. The molecule has 1 heterocycles. The topological polar surface area (TPSA) is 77.9 Å². The fourth-order valence-electron chi connectivity index (χ4n) is 2.46. The maximum atomic E-state index is 12.6. The maximum absolute atomic E-state index is 12.6. The molecule has 0 atom stereocenters. The van der Waals surface area contributed by atoms with Crippen molar-refractivity contribution in [1.29, 1.82) is 0 Å². The Balaban J connectivity index is 2.05. The minimum Gasteiger partial charge on any atom is -0.480 e. The molecule has 2 rings (SSSR count). The molecule has 0 unspecified atom stereocenters. The van der Waals surface area contributed by atoms with E-state index in [1.54, 1.807) is 0 Å². The van der Waals surface area contributed by atoms with Crippen LogP contribution in [0.5, 0.6) is 0 Å². The van der Waals surface area contributed by atoms with Gasteiger partial charge in [0.15, 0.2) is 0 Å². The predicted octanol–water partition coefficient (Wildman–Crippen LogP) is 1.05. The Morgan fingerprint density at radius 2 is 1.71 bits per heavy atom. The first kappa shape index (κ1) is 16.5. The SMILES string of the molecule is O=C(O)CN(C1CC1)S(=O)(=O)N1CCC(C(F)(F)F)CC1. The van der Waals surface area contributed by atoms with Gasteiger partial charge in [-0.2, -0.15) is 30.2 Å². The summed E-state index contributed by atoms with van der Waals surface area (Å²) in [6, 6.07) is -0.341. The van der Waals surface area contributed by atoms with Gasteiger partial charge in [0.25, 0.3) is 10.2 Å². The summed E-state index contributed by atoms with van der Waals surface area (Å²) in [7, 11) is -4.01. The van der Waals surface area contributed by atoms with E-state index in [1.165, 1.54) is 0 Å². The van der Waals surface area contributed by atoms with Gasteiger partial charge in [0.1, 0.15) is 6.54 Å². The van der Waals surface area contributed by atoms with E-state index in [1.807, 2.05) is 0 Å². The van der Waals surface area contributed by atoms with E-state index in [0.29, 0.717) is 12.8 Å². The van der Waals surface area contributed by atoms with Crippen molar-refractivity contribution in [2.45, 2.75) is 37.9 Å². The highest BCUT2D eigenvalue weighted by Crippen LogP contribution is 2.36. The van der Waals surface area contributed by atoms with Gasteiger partial charge < -0.3 is 5.11 Å². The molecule has 1 aliphatic heterocycles. The van der Waals surface area contributed by atoms with E-state index < -0.39 is 34.8 Å². The summed E-state index contributed by atoms with van der Waals surface area (Å²) in [6.07, 6.45) is -3.70. The number of nitrogens with zero attached hydrogens (tertiary/aromatic N) is 2. The van der Waals surface area contributed by atoms with Gasteiger partial charge in [0.05, 0.1) is 5.92 Å². The van der Waals surface area contributed by atoms with Crippen molar-refractivity contribution in [3.63, 3.8) is 0 Å². The van der Waals surface area contributed by atoms with E-state index >= 15 is 0 Å². The lowest BCUT2D eigenvalue weighted by Gasteiger charge is -2.35. The summed E-state index contributed by atoms with van der Waals surface area (Å²) in [6.45, 7) is -1.10. The van der Waals surface area contributed by atoms with Crippen LogP contribution in [0.3, 0.4) is 0 Å². The quantitative estimate of drug-likeness (QED) is 0.817. The highest BCUT2D eigenvalue weighted by molar-refractivity contribution is 7.86. The Morgan fingerprint density at radius 3 is 2.10 bits per heavy atom. The molecule has 122 valence electrons. The Hall–Kier alpha value is -0.870. The number of rotatable bonds is 5. The lowest BCUT2D eigenvalue weighted by atomic mass is 9.98. The average molecular weight is 330 g/mol. The smallest absolute Gasteiger partial charge is 0.391 e. The molecule has 0 amide bonds. The molecule has 1 N–H and O–H groups in total.